The van der Waals surface area contributed by atoms with Gasteiger partial charge in [-0.3, -0.25) is 0 Å². The van der Waals surface area contributed by atoms with E-state index in [2.05, 4.69) is 79.7 Å². The quantitative estimate of drug-likeness (QED) is 0.213. The number of fused-ring (bicyclic) bond motifs is 8. The first kappa shape index (κ1) is 28.1. The first-order valence-corrected chi connectivity index (χ1v) is 15.5. The van der Waals surface area contributed by atoms with Crippen molar-refractivity contribution in [3.05, 3.63) is 89.2 Å². The van der Waals surface area contributed by atoms with Crippen molar-refractivity contribution in [1.29, 1.82) is 0 Å². The topological polar surface area (TPSA) is 51.9 Å². The molecule has 0 aromatic carbocycles. The van der Waals surface area contributed by atoms with E-state index in [0.717, 1.165) is 96.1 Å². The second-order valence-electron chi connectivity index (χ2n) is 10.7. The number of hydrogen-bond donors (Lipinski definition) is 0. The van der Waals surface area contributed by atoms with Gasteiger partial charge in [0, 0.05) is 22.3 Å². The highest BCUT2D eigenvalue weighted by Gasteiger charge is 2.24. The third-order valence-electron chi connectivity index (χ3n) is 8.70. The second-order valence-corrected chi connectivity index (χ2v) is 10.7. The lowest BCUT2D eigenvalue weighted by Crippen LogP contribution is -2.05. The summed E-state index contributed by atoms with van der Waals surface area (Å²) in [6, 6.07) is 0. The van der Waals surface area contributed by atoms with E-state index in [1.165, 1.54) is 44.5 Å². The van der Waals surface area contributed by atoms with Gasteiger partial charge >= 0.3 is 0 Å². The molecule has 0 fully saturated rings. The van der Waals surface area contributed by atoms with Gasteiger partial charge in [-0.05, 0) is 51.4 Å². The van der Waals surface area contributed by atoms with Crippen LogP contribution in [0.4, 0.5) is 0 Å². The van der Waals surface area contributed by atoms with Crippen molar-refractivity contribution in [2.24, 2.45) is 0 Å². The van der Waals surface area contributed by atoms with Crippen molar-refractivity contribution in [3.8, 4) is 0 Å². The highest BCUT2D eigenvalue weighted by Crippen LogP contribution is 2.28. The highest BCUT2D eigenvalue weighted by molar-refractivity contribution is 5.62. The van der Waals surface area contributed by atoms with E-state index in [4.69, 9.17) is 17.7 Å². The van der Waals surface area contributed by atoms with Crippen LogP contribution in [-0.4, -0.2) is 0 Å². The number of rotatable bonds is 8. The summed E-state index contributed by atoms with van der Waals surface area (Å²) in [6.07, 6.45) is 16.1. The predicted octanol–water partition coefficient (Wildman–Crippen LogP) is 6.41. The molecule has 0 unspecified atom stereocenters. The van der Waals surface area contributed by atoms with Crippen LogP contribution in [0.25, 0.3) is 24.3 Å². The predicted molar refractivity (Wildman–Crippen MR) is 165 cm³/mol. The fourth-order valence-electron chi connectivity index (χ4n) is 6.80. The second kappa shape index (κ2) is 11.6. The molecule has 2 N–H and O–H groups in total. The lowest BCUT2D eigenvalue weighted by atomic mass is 10.0. The molecule has 0 saturated heterocycles. The largest absolute Gasteiger partial charge is 0.546 e. The maximum absolute atomic E-state index is 6.68. The lowest BCUT2D eigenvalue weighted by molar-refractivity contribution is 0.480. The van der Waals surface area contributed by atoms with Crippen LogP contribution in [0.5, 0.6) is 0 Å². The van der Waals surface area contributed by atoms with Crippen molar-refractivity contribution >= 4 is 24.3 Å². The lowest BCUT2D eigenvalue weighted by Gasteiger charge is -1.97. The van der Waals surface area contributed by atoms with Gasteiger partial charge in [0.05, 0.1) is 46.6 Å². The van der Waals surface area contributed by atoms with Crippen LogP contribution in [0.15, 0.2) is 17.7 Å². The van der Waals surface area contributed by atoms with Gasteiger partial charge < -0.3 is 17.7 Å². The summed E-state index contributed by atoms with van der Waals surface area (Å²) in [6.45, 7) is 17.8. The Balaban J connectivity index is 2.00. The Morgan fingerprint density at radius 1 is 0.350 bits per heavy atom. The Hall–Kier alpha value is -3.40. The van der Waals surface area contributed by atoms with Gasteiger partial charge in [0.25, 0.3) is 21.7 Å². The van der Waals surface area contributed by atoms with Gasteiger partial charge in [-0.15, -0.1) is 0 Å². The standard InChI is InChI=1S/C36H44O4/c1-9-21-22(10-2)30-18-32-25(13-5)26(14-6)34(39-32)20-36-28(16-8)27(15-7)35(40-36)19-33-24(12-4)23(11-3)31(38-33)17-29(21)37-30/h17-20H,9-16H2,1-8H3/p+2/b29-17-,30-18-,31-17?,32-18?,33-19?,34-20?,35-19-,36-20-. The van der Waals surface area contributed by atoms with Crippen molar-refractivity contribution in [2.75, 3.05) is 0 Å². The van der Waals surface area contributed by atoms with E-state index in [1.54, 1.807) is 0 Å². The summed E-state index contributed by atoms with van der Waals surface area (Å²) in [5, 5.41) is 0. The normalized spacial score (nSPS) is 16.0. The molecule has 4 nitrogen and oxygen atoms in total. The Labute approximate surface area is 237 Å². The van der Waals surface area contributed by atoms with Crippen LogP contribution in [0.1, 0.15) is 123 Å². The van der Waals surface area contributed by atoms with E-state index in [-0.39, 0.29) is 0 Å². The van der Waals surface area contributed by atoms with Crippen molar-refractivity contribution in [2.45, 2.75) is 107 Å². The number of furan rings is 4. The zero-order valence-electron chi connectivity index (χ0n) is 25.7. The van der Waals surface area contributed by atoms with Crippen LogP contribution in [0.2, 0.25) is 0 Å². The van der Waals surface area contributed by atoms with E-state index in [9.17, 15) is 0 Å². The Bertz CT molecular complexity index is 1520. The third kappa shape index (κ3) is 4.56. The van der Waals surface area contributed by atoms with E-state index < -0.39 is 0 Å². The fraction of sp³-hybridized carbons (Fsp3) is 0.444. The molecule has 0 aliphatic carbocycles. The summed E-state index contributed by atoms with van der Waals surface area (Å²) >= 11 is 0. The molecule has 4 heteroatoms. The summed E-state index contributed by atoms with van der Waals surface area (Å²) in [5.41, 5.74) is 14.3. The molecule has 4 aromatic heterocycles. The molecule has 40 heavy (non-hydrogen) atoms. The zero-order chi connectivity index (χ0) is 28.6. The van der Waals surface area contributed by atoms with Gasteiger partial charge in [0.2, 0.25) is 0 Å². The minimum Gasteiger partial charge on any atom is -0.546 e. The van der Waals surface area contributed by atoms with Gasteiger partial charge in [0.1, 0.15) is 23.0 Å². The maximum Gasteiger partial charge on any atom is 0.268 e. The maximum atomic E-state index is 6.68. The summed E-state index contributed by atoms with van der Waals surface area (Å²) in [7, 11) is 0. The molecule has 5 rings (SSSR count). The highest BCUT2D eigenvalue weighted by atomic mass is 16.4. The molecule has 1 aliphatic rings. The van der Waals surface area contributed by atoms with Gasteiger partial charge in [0.15, 0.2) is 0 Å². The molecule has 5 heterocycles. The summed E-state index contributed by atoms with van der Waals surface area (Å²) < 4.78 is 23.8. The van der Waals surface area contributed by atoms with Gasteiger partial charge in [-0.25, -0.2) is 0 Å². The summed E-state index contributed by atoms with van der Waals surface area (Å²) in [4.78, 5) is 0. The first-order chi connectivity index (χ1) is 19.5. The molecular formula is C36H46O4+2. The SMILES string of the molecule is CCc1c2oc(c1CC)/C=c1\[oH+]/c(c(CC)c1CC)=C\c1oc(c(CC)c1CC)/C=c1\[oH+]/c(c(CC)c1CC)=C\2. The van der Waals surface area contributed by atoms with Crippen LogP contribution in [0, 0.1) is 0 Å². The molecule has 4 aromatic rings. The average molecular weight is 543 g/mol. The molecule has 0 atom stereocenters. The molecule has 0 saturated carbocycles. The molecule has 212 valence electrons. The minimum absolute atomic E-state index is 0.914. The molecule has 1 aliphatic heterocycles. The van der Waals surface area contributed by atoms with Crippen LogP contribution in [0.3, 0.4) is 0 Å². The molecule has 8 bridgehead atoms. The zero-order valence-corrected chi connectivity index (χ0v) is 25.7. The Morgan fingerprint density at radius 3 is 0.725 bits per heavy atom. The van der Waals surface area contributed by atoms with Crippen LogP contribution in [-0.2, 0) is 51.4 Å². The molecule has 0 spiro atoms. The van der Waals surface area contributed by atoms with E-state index in [1.807, 2.05) is 0 Å². The van der Waals surface area contributed by atoms with Crippen molar-refractivity contribution < 1.29 is 17.7 Å². The number of hydrogen-bond acceptors (Lipinski definition) is 2. The van der Waals surface area contributed by atoms with Crippen molar-refractivity contribution in [1.82, 2.24) is 0 Å². The summed E-state index contributed by atoms with van der Waals surface area (Å²) in [5.74, 6) is 3.70. The monoisotopic (exact) mass is 542 g/mol. The third-order valence-corrected chi connectivity index (χ3v) is 8.70. The smallest absolute Gasteiger partial charge is 0.268 e. The Morgan fingerprint density at radius 2 is 0.550 bits per heavy atom. The van der Waals surface area contributed by atoms with Crippen molar-refractivity contribution in [3.63, 3.8) is 0 Å². The average Bonchev–Trinajstić information content (AvgIpc) is 3.67. The van der Waals surface area contributed by atoms with E-state index >= 15 is 0 Å². The molecular weight excluding hydrogens is 496 g/mol. The minimum atomic E-state index is 0.914. The van der Waals surface area contributed by atoms with Gasteiger partial charge in [-0.1, -0.05) is 55.4 Å². The first-order valence-electron chi connectivity index (χ1n) is 15.5. The molecule has 0 radical (unpaired) electrons. The van der Waals surface area contributed by atoms with Crippen LogP contribution >= 0.6 is 0 Å². The Kier molecular flexibility index (Phi) is 8.16. The van der Waals surface area contributed by atoms with Gasteiger partial charge in [-0.2, -0.15) is 0 Å². The van der Waals surface area contributed by atoms with E-state index in [0.29, 0.717) is 0 Å². The fourth-order valence-corrected chi connectivity index (χ4v) is 6.80. The van der Waals surface area contributed by atoms with Crippen LogP contribution < -0.4 is 21.7 Å². The molecule has 0 amide bonds.